The Balaban J connectivity index is 1.72. The summed E-state index contributed by atoms with van der Waals surface area (Å²) in [7, 11) is 0. The molecule has 1 amide bonds. The molecule has 2 heterocycles. The molecule has 0 saturated carbocycles. The second kappa shape index (κ2) is 6.54. The third kappa shape index (κ3) is 3.29. The second-order valence-corrected chi connectivity index (χ2v) is 6.26. The Hall–Kier alpha value is -2.14. The standard InChI is InChI=1S/C18H23N3O2/c1-13-10-14(2)21(19-13)11-15-5-7-16(8-6-15)18(23)20-9-3-4-17(20)12-22/h5-8,10,17,22H,3-4,9,11-12H2,1-2H3/t17-/m1/s1. The van der Waals surface area contributed by atoms with E-state index in [2.05, 4.69) is 11.2 Å². The van der Waals surface area contributed by atoms with E-state index in [1.807, 2.05) is 42.8 Å². The SMILES string of the molecule is Cc1cc(C)n(Cc2ccc(C(=O)N3CCC[C@@H]3CO)cc2)n1. The van der Waals surface area contributed by atoms with Gasteiger partial charge in [-0.3, -0.25) is 9.48 Å². The number of aliphatic hydroxyl groups is 1. The van der Waals surface area contributed by atoms with Crippen LogP contribution in [0.3, 0.4) is 0 Å². The van der Waals surface area contributed by atoms with E-state index in [4.69, 9.17) is 0 Å². The quantitative estimate of drug-likeness (QED) is 0.941. The van der Waals surface area contributed by atoms with Gasteiger partial charge in [-0.2, -0.15) is 5.10 Å². The molecule has 23 heavy (non-hydrogen) atoms. The Labute approximate surface area is 136 Å². The third-order valence-corrected chi connectivity index (χ3v) is 4.49. The molecule has 5 heteroatoms. The summed E-state index contributed by atoms with van der Waals surface area (Å²) in [5.74, 6) is 0.0132. The van der Waals surface area contributed by atoms with E-state index in [1.165, 1.54) is 0 Å². The van der Waals surface area contributed by atoms with Crippen molar-refractivity contribution in [3.05, 3.63) is 52.8 Å². The van der Waals surface area contributed by atoms with Crippen molar-refractivity contribution in [1.82, 2.24) is 14.7 Å². The molecule has 5 nitrogen and oxygen atoms in total. The van der Waals surface area contributed by atoms with Gasteiger partial charge in [-0.1, -0.05) is 12.1 Å². The molecule has 1 N–H and O–H groups in total. The van der Waals surface area contributed by atoms with Gasteiger partial charge in [-0.05, 0) is 50.5 Å². The van der Waals surface area contributed by atoms with E-state index in [-0.39, 0.29) is 18.6 Å². The van der Waals surface area contributed by atoms with Gasteiger partial charge in [0, 0.05) is 17.8 Å². The van der Waals surface area contributed by atoms with Crippen LogP contribution < -0.4 is 0 Å². The lowest BCUT2D eigenvalue weighted by Gasteiger charge is -2.23. The second-order valence-electron chi connectivity index (χ2n) is 6.26. The number of carbonyl (C=O) groups is 1. The van der Waals surface area contributed by atoms with Gasteiger partial charge in [-0.25, -0.2) is 0 Å². The monoisotopic (exact) mass is 313 g/mol. The fourth-order valence-electron chi connectivity index (χ4n) is 3.22. The summed E-state index contributed by atoms with van der Waals surface area (Å²) < 4.78 is 1.97. The number of aromatic nitrogens is 2. The maximum Gasteiger partial charge on any atom is 0.254 e. The molecule has 1 fully saturated rings. The van der Waals surface area contributed by atoms with E-state index >= 15 is 0 Å². The first-order valence-electron chi connectivity index (χ1n) is 8.10. The van der Waals surface area contributed by atoms with Gasteiger partial charge in [-0.15, -0.1) is 0 Å². The minimum atomic E-state index is -0.0307. The molecular formula is C18H23N3O2. The van der Waals surface area contributed by atoms with E-state index in [9.17, 15) is 9.90 Å². The van der Waals surface area contributed by atoms with Crippen LogP contribution in [0.1, 0.15) is 40.2 Å². The van der Waals surface area contributed by atoms with Crippen LogP contribution in [-0.2, 0) is 6.54 Å². The van der Waals surface area contributed by atoms with Crippen molar-refractivity contribution < 1.29 is 9.90 Å². The average molecular weight is 313 g/mol. The molecule has 1 aromatic heterocycles. The average Bonchev–Trinajstić information content (AvgIpc) is 3.14. The molecule has 1 aromatic carbocycles. The summed E-state index contributed by atoms with van der Waals surface area (Å²) in [6.45, 7) is 5.51. The number of hydrogen-bond acceptors (Lipinski definition) is 3. The zero-order chi connectivity index (χ0) is 16.4. The smallest absolute Gasteiger partial charge is 0.254 e. The first kappa shape index (κ1) is 15.7. The van der Waals surface area contributed by atoms with E-state index in [0.29, 0.717) is 12.1 Å². The Morgan fingerprint density at radius 3 is 2.65 bits per heavy atom. The molecule has 1 atom stereocenters. The molecule has 0 radical (unpaired) electrons. The van der Waals surface area contributed by atoms with E-state index < -0.39 is 0 Å². The van der Waals surface area contributed by atoms with Crippen molar-refractivity contribution in [2.24, 2.45) is 0 Å². The topological polar surface area (TPSA) is 58.4 Å². The summed E-state index contributed by atoms with van der Waals surface area (Å²) in [6, 6.07) is 9.73. The largest absolute Gasteiger partial charge is 0.394 e. The highest BCUT2D eigenvalue weighted by Crippen LogP contribution is 2.20. The van der Waals surface area contributed by atoms with Gasteiger partial charge in [0.15, 0.2) is 0 Å². The van der Waals surface area contributed by atoms with Crippen molar-refractivity contribution in [3.63, 3.8) is 0 Å². The van der Waals surface area contributed by atoms with Crippen molar-refractivity contribution in [2.75, 3.05) is 13.2 Å². The third-order valence-electron chi connectivity index (χ3n) is 4.49. The molecule has 0 spiro atoms. The highest BCUT2D eigenvalue weighted by Gasteiger charge is 2.28. The summed E-state index contributed by atoms with van der Waals surface area (Å²) in [5, 5.41) is 13.8. The lowest BCUT2D eigenvalue weighted by Crippen LogP contribution is -2.37. The Bertz CT molecular complexity index is 691. The fraction of sp³-hybridized carbons (Fsp3) is 0.444. The zero-order valence-electron chi connectivity index (χ0n) is 13.7. The predicted molar refractivity (Wildman–Crippen MR) is 88.4 cm³/mol. The lowest BCUT2D eigenvalue weighted by molar-refractivity contribution is 0.0677. The highest BCUT2D eigenvalue weighted by atomic mass is 16.3. The fourth-order valence-corrected chi connectivity index (χ4v) is 3.22. The first-order chi connectivity index (χ1) is 11.1. The van der Waals surface area contributed by atoms with Crippen LogP contribution in [0.5, 0.6) is 0 Å². The van der Waals surface area contributed by atoms with Crippen LogP contribution in [0.25, 0.3) is 0 Å². The van der Waals surface area contributed by atoms with Crippen molar-refractivity contribution in [3.8, 4) is 0 Å². The van der Waals surface area contributed by atoms with Gasteiger partial charge < -0.3 is 10.0 Å². The van der Waals surface area contributed by atoms with Gasteiger partial charge in [0.25, 0.3) is 5.91 Å². The Morgan fingerprint density at radius 1 is 1.30 bits per heavy atom. The van der Waals surface area contributed by atoms with Crippen LogP contribution in [0.2, 0.25) is 0 Å². The van der Waals surface area contributed by atoms with Crippen LogP contribution in [0, 0.1) is 13.8 Å². The molecule has 122 valence electrons. The predicted octanol–water partition coefficient (Wildman–Crippen LogP) is 2.15. The summed E-state index contributed by atoms with van der Waals surface area (Å²) in [4.78, 5) is 14.3. The van der Waals surface area contributed by atoms with Crippen LogP contribution in [0.15, 0.2) is 30.3 Å². The number of rotatable bonds is 4. The summed E-state index contributed by atoms with van der Waals surface area (Å²) >= 11 is 0. The minimum Gasteiger partial charge on any atom is -0.394 e. The number of benzene rings is 1. The molecule has 1 aliphatic rings. The number of aryl methyl sites for hydroxylation is 2. The molecule has 0 bridgehead atoms. The first-order valence-corrected chi connectivity index (χ1v) is 8.10. The number of aliphatic hydroxyl groups excluding tert-OH is 1. The highest BCUT2D eigenvalue weighted by molar-refractivity contribution is 5.94. The number of hydrogen-bond donors (Lipinski definition) is 1. The van der Waals surface area contributed by atoms with Crippen molar-refractivity contribution in [1.29, 1.82) is 0 Å². The molecule has 3 rings (SSSR count). The minimum absolute atomic E-state index is 0.0132. The summed E-state index contributed by atoms with van der Waals surface area (Å²) in [6.07, 6.45) is 1.85. The zero-order valence-corrected chi connectivity index (χ0v) is 13.7. The molecule has 2 aromatic rings. The molecule has 0 aliphatic carbocycles. The normalized spacial score (nSPS) is 17.7. The van der Waals surface area contributed by atoms with Crippen LogP contribution >= 0.6 is 0 Å². The Kier molecular flexibility index (Phi) is 4.48. The lowest BCUT2D eigenvalue weighted by atomic mass is 10.1. The molecular weight excluding hydrogens is 290 g/mol. The molecule has 1 aliphatic heterocycles. The number of likely N-dealkylation sites (tertiary alicyclic amines) is 1. The molecule has 1 saturated heterocycles. The van der Waals surface area contributed by atoms with Gasteiger partial charge >= 0.3 is 0 Å². The summed E-state index contributed by atoms with van der Waals surface area (Å²) in [5.41, 5.74) is 3.94. The number of carbonyl (C=O) groups excluding carboxylic acids is 1. The maximum absolute atomic E-state index is 12.5. The Morgan fingerprint density at radius 2 is 2.04 bits per heavy atom. The molecule has 0 unspecified atom stereocenters. The van der Waals surface area contributed by atoms with Crippen LogP contribution in [0.4, 0.5) is 0 Å². The van der Waals surface area contributed by atoms with Crippen LogP contribution in [-0.4, -0.2) is 44.9 Å². The van der Waals surface area contributed by atoms with Crippen molar-refractivity contribution >= 4 is 5.91 Å². The van der Waals surface area contributed by atoms with Gasteiger partial charge in [0.2, 0.25) is 0 Å². The van der Waals surface area contributed by atoms with E-state index in [0.717, 1.165) is 36.3 Å². The van der Waals surface area contributed by atoms with E-state index in [1.54, 1.807) is 4.90 Å². The number of nitrogens with zero attached hydrogens (tertiary/aromatic N) is 3. The van der Waals surface area contributed by atoms with Gasteiger partial charge in [0.05, 0.1) is 24.9 Å². The van der Waals surface area contributed by atoms with Gasteiger partial charge in [0.1, 0.15) is 0 Å². The van der Waals surface area contributed by atoms with Crippen molar-refractivity contribution in [2.45, 2.75) is 39.3 Å². The number of amides is 1. The maximum atomic E-state index is 12.5.